The van der Waals surface area contributed by atoms with E-state index in [2.05, 4.69) is 5.32 Å². The largest absolute Gasteiger partial charge is 0.481 e. The fourth-order valence-corrected chi connectivity index (χ4v) is 2.42. The highest BCUT2D eigenvalue weighted by Crippen LogP contribution is 2.48. The summed E-state index contributed by atoms with van der Waals surface area (Å²) in [6.45, 7) is 0. The second kappa shape index (κ2) is 5.05. The fourth-order valence-electron chi connectivity index (χ4n) is 2.42. The van der Waals surface area contributed by atoms with Gasteiger partial charge >= 0.3 is 5.97 Å². The molecule has 1 fully saturated rings. The molecule has 0 unspecified atom stereocenters. The van der Waals surface area contributed by atoms with Crippen LogP contribution >= 0.6 is 0 Å². The Balaban J connectivity index is 1.74. The number of aliphatic carboxylic acids is 1. The molecule has 106 valence electrons. The van der Waals surface area contributed by atoms with Crippen LogP contribution in [0.25, 0.3) is 0 Å². The lowest BCUT2D eigenvalue weighted by Crippen LogP contribution is -2.19. The highest BCUT2D eigenvalue weighted by Gasteiger charge is 2.51. The highest BCUT2D eigenvalue weighted by molar-refractivity contribution is 6.04. The fraction of sp³-hybridized carbons (Fsp3) is 0.176. The number of carbonyl (C=O) groups is 2. The van der Waals surface area contributed by atoms with Gasteiger partial charge in [0, 0.05) is 11.3 Å². The van der Waals surface area contributed by atoms with Crippen molar-refractivity contribution >= 4 is 17.6 Å². The minimum atomic E-state index is -0.774. The Morgan fingerprint density at radius 3 is 2.10 bits per heavy atom. The lowest BCUT2D eigenvalue weighted by Gasteiger charge is -2.11. The lowest BCUT2D eigenvalue weighted by atomic mass is 9.96. The van der Waals surface area contributed by atoms with Gasteiger partial charge in [0.25, 0.3) is 5.91 Å². The predicted molar refractivity (Wildman–Crippen MR) is 79.4 cm³/mol. The molecule has 1 amide bonds. The molecule has 21 heavy (non-hydrogen) atoms. The van der Waals surface area contributed by atoms with Gasteiger partial charge in [0.05, 0.1) is 5.41 Å². The molecule has 2 aromatic carbocycles. The average molecular weight is 281 g/mol. The first-order valence-electron chi connectivity index (χ1n) is 6.82. The molecule has 2 N–H and O–H groups in total. The summed E-state index contributed by atoms with van der Waals surface area (Å²) < 4.78 is 0. The van der Waals surface area contributed by atoms with E-state index in [1.165, 1.54) is 0 Å². The van der Waals surface area contributed by atoms with Crippen LogP contribution < -0.4 is 5.32 Å². The molecule has 1 aliphatic carbocycles. The van der Waals surface area contributed by atoms with E-state index in [0.717, 1.165) is 5.56 Å². The van der Waals surface area contributed by atoms with Crippen LogP contribution in [-0.2, 0) is 10.2 Å². The van der Waals surface area contributed by atoms with Gasteiger partial charge in [-0.1, -0.05) is 30.3 Å². The van der Waals surface area contributed by atoms with Crippen molar-refractivity contribution in [2.75, 3.05) is 5.32 Å². The third-order valence-corrected chi connectivity index (χ3v) is 3.89. The van der Waals surface area contributed by atoms with E-state index >= 15 is 0 Å². The van der Waals surface area contributed by atoms with Crippen LogP contribution in [-0.4, -0.2) is 17.0 Å². The molecule has 0 aromatic heterocycles. The number of carboxylic acids is 1. The van der Waals surface area contributed by atoms with E-state index in [1.54, 1.807) is 36.4 Å². The smallest absolute Gasteiger partial charge is 0.314 e. The highest BCUT2D eigenvalue weighted by atomic mass is 16.4. The summed E-state index contributed by atoms with van der Waals surface area (Å²) in [4.78, 5) is 23.3. The number of benzene rings is 2. The molecular weight excluding hydrogens is 266 g/mol. The molecule has 0 bridgehead atoms. The van der Waals surface area contributed by atoms with Crippen LogP contribution in [0, 0.1) is 0 Å². The molecule has 3 rings (SSSR count). The van der Waals surface area contributed by atoms with Crippen molar-refractivity contribution in [3.8, 4) is 0 Å². The monoisotopic (exact) mass is 281 g/mol. The lowest BCUT2D eigenvalue weighted by molar-refractivity contribution is -0.140. The van der Waals surface area contributed by atoms with Gasteiger partial charge in [-0.15, -0.1) is 0 Å². The number of rotatable bonds is 4. The number of amides is 1. The molecule has 0 aliphatic heterocycles. The zero-order valence-corrected chi connectivity index (χ0v) is 11.4. The number of carbonyl (C=O) groups excluding carboxylic acids is 1. The van der Waals surface area contributed by atoms with Gasteiger partial charge in [0.2, 0.25) is 0 Å². The van der Waals surface area contributed by atoms with Crippen LogP contribution in [0.4, 0.5) is 5.69 Å². The Hall–Kier alpha value is -2.62. The average Bonchev–Trinajstić information content (AvgIpc) is 3.31. The molecule has 1 saturated carbocycles. The van der Waals surface area contributed by atoms with Gasteiger partial charge < -0.3 is 10.4 Å². The van der Waals surface area contributed by atoms with Crippen molar-refractivity contribution in [1.82, 2.24) is 0 Å². The van der Waals surface area contributed by atoms with E-state index in [0.29, 0.717) is 24.1 Å². The normalized spacial score (nSPS) is 15.2. The number of anilines is 1. The van der Waals surface area contributed by atoms with Crippen LogP contribution in [0.2, 0.25) is 0 Å². The van der Waals surface area contributed by atoms with Crippen molar-refractivity contribution in [3.05, 3.63) is 65.7 Å². The molecule has 2 aromatic rings. The van der Waals surface area contributed by atoms with Crippen molar-refractivity contribution < 1.29 is 14.7 Å². The summed E-state index contributed by atoms with van der Waals surface area (Å²) in [5, 5.41) is 12.1. The van der Waals surface area contributed by atoms with Gasteiger partial charge in [-0.05, 0) is 42.7 Å². The molecule has 1 aliphatic rings. The van der Waals surface area contributed by atoms with Gasteiger partial charge in [0.15, 0.2) is 0 Å². The maximum atomic E-state index is 12.0. The summed E-state index contributed by atoms with van der Waals surface area (Å²) in [6, 6.07) is 16.0. The van der Waals surface area contributed by atoms with E-state index in [-0.39, 0.29) is 5.91 Å². The molecule has 0 saturated heterocycles. The minimum Gasteiger partial charge on any atom is -0.481 e. The number of nitrogens with one attached hydrogen (secondary N) is 1. The first-order valence-corrected chi connectivity index (χ1v) is 6.82. The third-order valence-electron chi connectivity index (χ3n) is 3.89. The Bertz CT molecular complexity index is 673. The standard InChI is InChI=1S/C17H15NO3/c19-15(12-4-2-1-3-5-12)18-14-8-6-13(7-9-14)17(10-11-17)16(20)21/h1-9H,10-11H2,(H,18,19)(H,20,21). The van der Waals surface area contributed by atoms with E-state index < -0.39 is 11.4 Å². The predicted octanol–water partition coefficient (Wildman–Crippen LogP) is 3.06. The van der Waals surface area contributed by atoms with Gasteiger partial charge in [-0.3, -0.25) is 9.59 Å². The Kier molecular flexibility index (Phi) is 3.22. The topological polar surface area (TPSA) is 66.4 Å². The molecule has 0 spiro atoms. The summed E-state index contributed by atoms with van der Waals surface area (Å²) >= 11 is 0. The second-order valence-corrected chi connectivity index (χ2v) is 5.28. The van der Waals surface area contributed by atoms with Crippen molar-refractivity contribution in [3.63, 3.8) is 0 Å². The molecular formula is C17H15NO3. The van der Waals surface area contributed by atoms with Crippen molar-refractivity contribution in [1.29, 1.82) is 0 Å². The zero-order chi connectivity index (χ0) is 14.9. The van der Waals surface area contributed by atoms with Crippen LogP contribution in [0.5, 0.6) is 0 Å². The Morgan fingerprint density at radius 2 is 1.57 bits per heavy atom. The molecule has 4 heteroatoms. The Labute approximate surface area is 122 Å². The molecule has 4 nitrogen and oxygen atoms in total. The number of hydrogen-bond acceptors (Lipinski definition) is 2. The number of hydrogen-bond donors (Lipinski definition) is 2. The number of carboxylic acid groups (broad SMARTS) is 1. The van der Waals surface area contributed by atoms with Gasteiger partial charge in [-0.2, -0.15) is 0 Å². The molecule has 0 atom stereocenters. The summed E-state index contributed by atoms with van der Waals surface area (Å²) in [5.41, 5.74) is 1.34. The van der Waals surface area contributed by atoms with Gasteiger partial charge in [-0.25, -0.2) is 0 Å². The van der Waals surface area contributed by atoms with Crippen molar-refractivity contribution in [2.24, 2.45) is 0 Å². The van der Waals surface area contributed by atoms with E-state index in [9.17, 15) is 14.7 Å². The quantitative estimate of drug-likeness (QED) is 0.905. The van der Waals surface area contributed by atoms with Gasteiger partial charge in [0.1, 0.15) is 0 Å². The Morgan fingerprint density at radius 1 is 0.952 bits per heavy atom. The first kappa shape index (κ1) is 13.4. The minimum absolute atomic E-state index is 0.178. The van der Waals surface area contributed by atoms with Crippen LogP contribution in [0.3, 0.4) is 0 Å². The van der Waals surface area contributed by atoms with E-state index in [4.69, 9.17) is 0 Å². The third kappa shape index (κ3) is 2.52. The first-order chi connectivity index (χ1) is 10.1. The maximum Gasteiger partial charge on any atom is 0.314 e. The maximum absolute atomic E-state index is 12.0. The van der Waals surface area contributed by atoms with Crippen LogP contribution in [0.15, 0.2) is 54.6 Å². The molecule has 0 heterocycles. The summed E-state index contributed by atoms with van der Waals surface area (Å²) in [5.74, 6) is -0.953. The zero-order valence-electron chi connectivity index (χ0n) is 11.4. The van der Waals surface area contributed by atoms with E-state index in [1.807, 2.05) is 18.2 Å². The van der Waals surface area contributed by atoms with Crippen LogP contribution in [0.1, 0.15) is 28.8 Å². The van der Waals surface area contributed by atoms with Crippen molar-refractivity contribution in [2.45, 2.75) is 18.3 Å². The summed E-state index contributed by atoms with van der Waals surface area (Å²) in [7, 11) is 0. The molecule has 0 radical (unpaired) electrons. The SMILES string of the molecule is O=C(Nc1ccc(C2(C(=O)O)CC2)cc1)c1ccccc1. The summed E-state index contributed by atoms with van der Waals surface area (Å²) in [6.07, 6.45) is 1.36. The second-order valence-electron chi connectivity index (χ2n) is 5.28.